The Hall–Kier alpha value is -2.33. The summed E-state index contributed by atoms with van der Waals surface area (Å²) in [4.78, 5) is 22.1. The monoisotopic (exact) mass is 393 g/mol. The van der Waals surface area contributed by atoms with E-state index in [0.717, 1.165) is 0 Å². The highest BCUT2D eigenvalue weighted by Gasteiger charge is 2.40. The van der Waals surface area contributed by atoms with Crippen molar-refractivity contribution in [1.29, 1.82) is 0 Å². The molecule has 1 fully saturated rings. The molecule has 0 aromatic carbocycles. The van der Waals surface area contributed by atoms with E-state index in [1.54, 1.807) is 50.3 Å². The van der Waals surface area contributed by atoms with Gasteiger partial charge in [0, 0.05) is 51.1 Å². The van der Waals surface area contributed by atoms with Crippen molar-refractivity contribution < 1.29 is 17.7 Å². The van der Waals surface area contributed by atoms with Crippen molar-refractivity contribution in [2.45, 2.75) is 31.4 Å². The molecule has 0 atom stereocenters. The highest BCUT2D eigenvalue weighted by molar-refractivity contribution is 7.89. The lowest BCUT2D eigenvalue weighted by Gasteiger charge is -2.36. The van der Waals surface area contributed by atoms with Crippen LogP contribution in [0.3, 0.4) is 0 Å². The van der Waals surface area contributed by atoms with Gasteiger partial charge in [-0.15, -0.1) is 0 Å². The summed E-state index contributed by atoms with van der Waals surface area (Å²) in [6.07, 6.45) is 3.61. The number of pyridine rings is 1. The molecular formula is C17H23N5O4S. The van der Waals surface area contributed by atoms with Gasteiger partial charge in [-0.2, -0.15) is 4.98 Å². The van der Waals surface area contributed by atoms with Crippen molar-refractivity contribution in [3.05, 3.63) is 41.8 Å². The minimum atomic E-state index is -3.24. The third-order valence-corrected chi connectivity index (χ3v) is 6.79. The first kappa shape index (κ1) is 19.4. The summed E-state index contributed by atoms with van der Waals surface area (Å²) < 4.78 is 30.9. The molecule has 3 heterocycles. The van der Waals surface area contributed by atoms with Crippen molar-refractivity contribution >= 4 is 15.9 Å². The Morgan fingerprint density at radius 2 is 2.00 bits per heavy atom. The van der Waals surface area contributed by atoms with Crippen molar-refractivity contribution in [2.24, 2.45) is 0 Å². The summed E-state index contributed by atoms with van der Waals surface area (Å²) in [6, 6.07) is 3.33. The third-order valence-electron chi connectivity index (χ3n) is 4.58. The maximum absolute atomic E-state index is 12.3. The highest BCUT2D eigenvalue weighted by atomic mass is 32.2. The van der Waals surface area contributed by atoms with E-state index in [-0.39, 0.29) is 11.8 Å². The summed E-state index contributed by atoms with van der Waals surface area (Å²) in [6.45, 7) is 4.50. The molecule has 27 heavy (non-hydrogen) atoms. The number of rotatable bonds is 7. The number of amides is 1. The van der Waals surface area contributed by atoms with Gasteiger partial charge in [0.1, 0.15) is 0 Å². The number of hydrogen-bond donors (Lipinski definition) is 0. The predicted molar refractivity (Wildman–Crippen MR) is 97.6 cm³/mol. The Balaban J connectivity index is 1.51. The van der Waals surface area contributed by atoms with Gasteiger partial charge < -0.3 is 9.42 Å². The normalized spacial score (nSPS) is 15.7. The van der Waals surface area contributed by atoms with E-state index < -0.39 is 15.3 Å². The van der Waals surface area contributed by atoms with Gasteiger partial charge in [-0.25, -0.2) is 12.7 Å². The Morgan fingerprint density at radius 1 is 1.33 bits per heavy atom. The number of likely N-dealkylation sites (N-methyl/N-ethyl adjacent to an activating group) is 1. The van der Waals surface area contributed by atoms with Crippen LogP contribution in [-0.4, -0.2) is 70.6 Å². The van der Waals surface area contributed by atoms with E-state index in [4.69, 9.17) is 4.52 Å². The second-order valence-electron chi connectivity index (χ2n) is 6.87. The zero-order chi connectivity index (χ0) is 19.6. The molecule has 0 bridgehead atoms. The molecule has 2 aromatic heterocycles. The fourth-order valence-electron chi connectivity index (χ4n) is 2.72. The minimum absolute atomic E-state index is 0.0732. The third kappa shape index (κ3) is 4.16. The standard InChI is InChI=1S/C17H23N5O4S/c1-12(2)27(24,25)22-10-14(11-22)16-19-15(20-26-16)6-9-21(3)17(23)13-4-7-18-8-5-13/h4-5,7-8,12,14H,6,9-11H2,1-3H3. The number of nitrogens with zero attached hydrogens (tertiary/aromatic N) is 5. The molecule has 3 rings (SSSR count). The average molecular weight is 393 g/mol. The Morgan fingerprint density at radius 3 is 2.63 bits per heavy atom. The molecule has 0 unspecified atom stereocenters. The summed E-state index contributed by atoms with van der Waals surface area (Å²) in [7, 11) is -1.52. The van der Waals surface area contributed by atoms with Gasteiger partial charge in [-0.1, -0.05) is 5.16 Å². The van der Waals surface area contributed by atoms with E-state index in [0.29, 0.717) is 43.3 Å². The van der Waals surface area contributed by atoms with Gasteiger partial charge in [-0.05, 0) is 26.0 Å². The van der Waals surface area contributed by atoms with Crippen LogP contribution in [0.2, 0.25) is 0 Å². The molecule has 0 aliphatic carbocycles. The van der Waals surface area contributed by atoms with Crippen molar-refractivity contribution in [1.82, 2.24) is 24.3 Å². The summed E-state index contributed by atoms with van der Waals surface area (Å²) >= 11 is 0. The smallest absolute Gasteiger partial charge is 0.253 e. The first-order chi connectivity index (χ1) is 12.8. The number of hydrogen-bond acceptors (Lipinski definition) is 7. The molecule has 1 aliphatic rings. The van der Waals surface area contributed by atoms with E-state index in [9.17, 15) is 13.2 Å². The number of carbonyl (C=O) groups excluding carboxylic acids is 1. The van der Waals surface area contributed by atoms with Crippen molar-refractivity contribution in [2.75, 3.05) is 26.7 Å². The van der Waals surface area contributed by atoms with Crippen LogP contribution in [0.25, 0.3) is 0 Å². The van der Waals surface area contributed by atoms with Crippen LogP contribution in [0.4, 0.5) is 0 Å². The lowest BCUT2D eigenvalue weighted by atomic mass is 10.0. The van der Waals surface area contributed by atoms with Crippen LogP contribution < -0.4 is 0 Å². The van der Waals surface area contributed by atoms with Gasteiger partial charge in [0.05, 0.1) is 11.2 Å². The molecular weight excluding hydrogens is 370 g/mol. The quantitative estimate of drug-likeness (QED) is 0.688. The Kier molecular flexibility index (Phi) is 5.56. The topological polar surface area (TPSA) is 110 Å². The first-order valence-electron chi connectivity index (χ1n) is 8.76. The summed E-state index contributed by atoms with van der Waals surface area (Å²) in [5.74, 6) is 0.776. The average Bonchev–Trinajstić information content (AvgIpc) is 3.06. The zero-order valence-corrected chi connectivity index (χ0v) is 16.4. The number of aromatic nitrogens is 3. The fraction of sp³-hybridized carbons (Fsp3) is 0.529. The molecule has 1 saturated heterocycles. The van der Waals surface area contributed by atoms with E-state index in [1.165, 1.54) is 4.31 Å². The molecule has 9 nitrogen and oxygen atoms in total. The molecule has 10 heteroatoms. The van der Waals surface area contributed by atoms with Crippen molar-refractivity contribution in [3.8, 4) is 0 Å². The maximum atomic E-state index is 12.3. The van der Waals surface area contributed by atoms with Crippen LogP contribution in [-0.2, 0) is 16.4 Å². The zero-order valence-electron chi connectivity index (χ0n) is 15.6. The number of carbonyl (C=O) groups is 1. The largest absolute Gasteiger partial charge is 0.341 e. The molecule has 0 spiro atoms. The predicted octanol–water partition coefficient (Wildman–Crippen LogP) is 0.917. The van der Waals surface area contributed by atoms with E-state index >= 15 is 0 Å². The van der Waals surface area contributed by atoms with Crippen LogP contribution in [0.1, 0.15) is 41.8 Å². The molecule has 146 valence electrons. The first-order valence-corrected chi connectivity index (χ1v) is 10.3. The maximum Gasteiger partial charge on any atom is 0.253 e. The lowest BCUT2D eigenvalue weighted by molar-refractivity contribution is 0.0795. The van der Waals surface area contributed by atoms with E-state index in [2.05, 4.69) is 15.1 Å². The summed E-state index contributed by atoms with van der Waals surface area (Å²) in [5, 5.41) is 3.50. The second kappa shape index (κ2) is 7.73. The van der Waals surface area contributed by atoms with Gasteiger partial charge >= 0.3 is 0 Å². The van der Waals surface area contributed by atoms with Crippen LogP contribution in [0.15, 0.2) is 29.0 Å². The van der Waals surface area contributed by atoms with Crippen LogP contribution in [0, 0.1) is 0 Å². The highest BCUT2D eigenvalue weighted by Crippen LogP contribution is 2.29. The van der Waals surface area contributed by atoms with Crippen LogP contribution >= 0.6 is 0 Å². The molecule has 0 saturated carbocycles. The molecule has 0 N–H and O–H groups in total. The van der Waals surface area contributed by atoms with Gasteiger partial charge in [0.25, 0.3) is 5.91 Å². The molecule has 0 radical (unpaired) electrons. The van der Waals surface area contributed by atoms with Crippen molar-refractivity contribution in [3.63, 3.8) is 0 Å². The SMILES string of the molecule is CC(C)S(=O)(=O)N1CC(c2nc(CCN(C)C(=O)c3ccncc3)no2)C1. The lowest BCUT2D eigenvalue weighted by Crippen LogP contribution is -2.50. The van der Waals surface area contributed by atoms with Gasteiger partial charge in [0.2, 0.25) is 15.9 Å². The molecule has 1 amide bonds. The van der Waals surface area contributed by atoms with E-state index in [1.807, 2.05) is 0 Å². The Bertz CT molecular complexity index is 891. The number of sulfonamides is 1. The molecule has 1 aliphatic heterocycles. The fourth-order valence-corrected chi connectivity index (χ4v) is 4.09. The minimum Gasteiger partial charge on any atom is -0.341 e. The summed E-state index contributed by atoms with van der Waals surface area (Å²) in [5.41, 5.74) is 0.572. The van der Waals surface area contributed by atoms with Gasteiger partial charge in [0.15, 0.2) is 5.82 Å². The Labute approximate surface area is 158 Å². The van der Waals surface area contributed by atoms with Gasteiger partial charge in [-0.3, -0.25) is 9.78 Å². The second-order valence-corrected chi connectivity index (χ2v) is 9.36. The van der Waals surface area contributed by atoms with Crippen LogP contribution in [0.5, 0.6) is 0 Å². The molecule has 2 aromatic rings.